The highest BCUT2D eigenvalue weighted by Gasteiger charge is 2.48. The van der Waals surface area contributed by atoms with Gasteiger partial charge < -0.3 is 20.1 Å². The number of nitrogens with zero attached hydrogens (tertiary/aromatic N) is 5. The second kappa shape index (κ2) is 11.7. The molecule has 5 atom stereocenters. The first-order chi connectivity index (χ1) is 20.3. The summed E-state index contributed by atoms with van der Waals surface area (Å²) in [6.07, 6.45) is -3.53. The summed E-state index contributed by atoms with van der Waals surface area (Å²) in [5, 5.41) is 40.6. The molecule has 0 spiro atoms. The normalized spacial score (nSPS) is 22.5. The van der Waals surface area contributed by atoms with Crippen LogP contribution in [0.3, 0.4) is 0 Å². The second-order valence-corrected chi connectivity index (χ2v) is 10.3. The van der Waals surface area contributed by atoms with Crippen molar-refractivity contribution in [1.29, 1.82) is 0 Å². The lowest BCUT2D eigenvalue weighted by Crippen LogP contribution is -2.53. The van der Waals surface area contributed by atoms with Crippen molar-refractivity contribution in [2.24, 2.45) is 0 Å². The molecule has 1 saturated heterocycles. The highest BCUT2D eigenvalue weighted by atomic mass is 35.5. The van der Waals surface area contributed by atoms with Gasteiger partial charge in [-0.2, -0.15) is 23.4 Å². The molecule has 2 aromatic heterocycles. The minimum atomic E-state index is -4.81. The van der Waals surface area contributed by atoms with Crippen LogP contribution < -0.4 is 0 Å². The predicted octanol–water partition coefficient (Wildman–Crippen LogP) is 3.96. The molecule has 0 amide bonds. The molecule has 2 unspecified atom stereocenters. The Morgan fingerprint density at radius 3 is 2.42 bits per heavy atom. The number of aryl methyl sites for hydroxylation is 1. The highest BCUT2D eigenvalue weighted by molar-refractivity contribution is 6.30. The molecule has 1 fully saturated rings. The zero-order valence-electron chi connectivity index (χ0n) is 22.2. The number of terminal acetylenes is 1. The Kier molecular flexibility index (Phi) is 8.30. The van der Waals surface area contributed by atoms with Crippen molar-refractivity contribution in [1.82, 2.24) is 24.5 Å². The number of rotatable bonds is 6. The van der Waals surface area contributed by atoms with E-state index in [0.29, 0.717) is 0 Å². The molecular formula is C28H23ClF5N5O4. The summed E-state index contributed by atoms with van der Waals surface area (Å²) in [6, 6.07) is 3.62. The van der Waals surface area contributed by atoms with E-state index in [0.717, 1.165) is 39.7 Å². The standard InChI is InChI=1S/C28H23ClF5N5O4/c1-3-4-17-19(30)7-14(8-20(17)31)15-10-35-38(11-15)23-24(41)22(12-40)43-26(25(23)42)27-36-13(2)37-39(27)21-9-16(29)5-6-18(21)28(32,33)34/h1,5-11,22-26,40-42H,4,12H2,2H3/t22?,23-,24-,25?,26+/m0/s1. The lowest BCUT2D eigenvalue weighted by atomic mass is 9.92. The van der Waals surface area contributed by atoms with E-state index in [2.05, 4.69) is 21.1 Å². The fraction of sp³-hybridized carbons (Fsp3) is 0.321. The van der Waals surface area contributed by atoms with Crippen molar-refractivity contribution in [3.8, 4) is 29.2 Å². The number of hydrogen-bond donors (Lipinski definition) is 3. The number of ether oxygens (including phenoxy) is 1. The molecule has 4 aromatic rings. The summed E-state index contributed by atoms with van der Waals surface area (Å²) in [6.45, 7) is 0.663. The van der Waals surface area contributed by atoms with Crippen molar-refractivity contribution < 1.29 is 42.0 Å². The maximum absolute atomic E-state index is 14.5. The summed E-state index contributed by atoms with van der Waals surface area (Å²) < 4.78 is 78.5. The van der Waals surface area contributed by atoms with Crippen molar-refractivity contribution in [2.75, 3.05) is 6.61 Å². The largest absolute Gasteiger partial charge is 0.418 e. The van der Waals surface area contributed by atoms with E-state index in [4.69, 9.17) is 22.8 Å². The molecule has 3 heterocycles. The molecule has 0 bridgehead atoms. The summed E-state index contributed by atoms with van der Waals surface area (Å²) in [5.41, 5.74) is -1.57. The molecule has 9 nitrogen and oxygen atoms in total. The number of aromatic nitrogens is 5. The average molecular weight is 624 g/mol. The monoisotopic (exact) mass is 623 g/mol. The average Bonchev–Trinajstić information content (AvgIpc) is 3.57. The Morgan fingerprint density at radius 1 is 1.09 bits per heavy atom. The fourth-order valence-corrected chi connectivity index (χ4v) is 5.20. The summed E-state index contributed by atoms with van der Waals surface area (Å²) in [4.78, 5) is 4.20. The van der Waals surface area contributed by atoms with Crippen molar-refractivity contribution in [2.45, 2.75) is 50.0 Å². The maximum atomic E-state index is 14.5. The van der Waals surface area contributed by atoms with Gasteiger partial charge in [0.05, 0.1) is 24.1 Å². The van der Waals surface area contributed by atoms with Gasteiger partial charge in [-0.15, -0.1) is 12.3 Å². The SMILES string of the molecule is C#CCc1c(F)cc(-c2cnn([C@@H]3C(O)[C@H](c4nc(C)nn4-c4cc(Cl)ccc4C(F)(F)F)OC(CO)[C@@H]3O)c2)cc1F. The number of halogens is 6. The van der Waals surface area contributed by atoms with Crippen molar-refractivity contribution >= 4 is 11.6 Å². The molecule has 43 heavy (non-hydrogen) atoms. The Bertz CT molecular complexity index is 1680. The number of benzene rings is 2. The van der Waals surface area contributed by atoms with E-state index in [1.54, 1.807) is 0 Å². The Labute approximate surface area is 246 Å². The smallest absolute Gasteiger partial charge is 0.394 e. The second-order valence-electron chi connectivity index (χ2n) is 9.85. The first kappa shape index (κ1) is 30.6. The molecule has 2 aromatic carbocycles. The topological polar surface area (TPSA) is 118 Å². The maximum Gasteiger partial charge on any atom is 0.418 e. The number of hydrogen-bond acceptors (Lipinski definition) is 7. The van der Waals surface area contributed by atoms with Crippen LogP contribution in [0.5, 0.6) is 0 Å². The van der Waals surface area contributed by atoms with Gasteiger partial charge in [0.2, 0.25) is 0 Å². The zero-order chi connectivity index (χ0) is 31.2. The van der Waals surface area contributed by atoms with Crippen LogP contribution in [0.1, 0.15) is 34.9 Å². The molecule has 1 aliphatic heterocycles. The van der Waals surface area contributed by atoms with Gasteiger partial charge in [0.1, 0.15) is 47.9 Å². The summed E-state index contributed by atoms with van der Waals surface area (Å²) >= 11 is 6.01. The van der Waals surface area contributed by atoms with Crippen molar-refractivity contribution in [3.63, 3.8) is 0 Å². The Hall–Kier alpha value is -3.87. The van der Waals surface area contributed by atoms with Crippen LogP contribution >= 0.6 is 11.6 Å². The van der Waals surface area contributed by atoms with Crippen LogP contribution in [0.15, 0.2) is 42.7 Å². The molecule has 0 aliphatic carbocycles. The molecule has 5 rings (SSSR count). The third-order valence-corrected chi connectivity index (χ3v) is 7.27. The fourth-order valence-electron chi connectivity index (χ4n) is 5.03. The Balaban J connectivity index is 1.56. The molecule has 15 heteroatoms. The van der Waals surface area contributed by atoms with E-state index >= 15 is 0 Å². The van der Waals surface area contributed by atoms with Gasteiger partial charge in [-0.3, -0.25) is 4.68 Å². The van der Waals surface area contributed by atoms with Crippen LogP contribution in [-0.2, 0) is 17.3 Å². The van der Waals surface area contributed by atoms with Crippen LogP contribution in [0.4, 0.5) is 22.0 Å². The Morgan fingerprint density at radius 2 is 1.79 bits per heavy atom. The van der Waals surface area contributed by atoms with Crippen molar-refractivity contribution in [3.05, 3.63) is 82.2 Å². The first-order valence-corrected chi connectivity index (χ1v) is 13.1. The molecule has 3 N–H and O–H groups in total. The van der Waals surface area contributed by atoms with E-state index in [9.17, 15) is 37.3 Å². The number of aliphatic hydroxyl groups excluding tert-OH is 3. The lowest BCUT2D eigenvalue weighted by molar-refractivity contribution is -0.210. The van der Waals surface area contributed by atoms with Crippen LogP contribution in [0.25, 0.3) is 16.8 Å². The van der Waals surface area contributed by atoms with Gasteiger partial charge in [0.25, 0.3) is 0 Å². The zero-order valence-corrected chi connectivity index (χ0v) is 22.9. The van der Waals surface area contributed by atoms with E-state index in [1.165, 1.54) is 19.3 Å². The van der Waals surface area contributed by atoms with Gasteiger partial charge in [-0.25, -0.2) is 18.4 Å². The summed E-state index contributed by atoms with van der Waals surface area (Å²) in [5.74, 6) is 0.191. The number of alkyl halides is 3. The predicted molar refractivity (Wildman–Crippen MR) is 142 cm³/mol. The third kappa shape index (κ3) is 5.74. The van der Waals surface area contributed by atoms with E-state index < -0.39 is 66.1 Å². The first-order valence-electron chi connectivity index (χ1n) is 12.7. The third-order valence-electron chi connectivity index (χ3n) is 7.04. The minimum absolute atomic E-state index is 0.0285. The quantitative estimate of drug-likeness (QED) is 0.220. The summed E-state index contributed by atoms with van der Waals surface area (Å²) in [7, 11) is 0. The molecule has 1 aliphatic rings. The van der Waals surface area contributed by atoms with Crippen LogP contribution in [0.2, 0.25) is 5.02 Å². The van der Waals surface area contributed by atoms with Gasteiger partial charge in [0, 0.05) is 28.8 Å². The van der Waals surface area contributed by atoms with E-state index in [1.807, 2.05) is 0 Å². The van der Waals surface area contributed by atoms with Gasteiger partial charge in [-0.05, 0) is 42.8 Å². The number of aliphatic hydroxyl groups is 3. The minimum Gasteiger partial charge on any atom is -0.394 e. The van der Waals surface area contributed by atoms with Gasteiger partial charge in [-0.1, -0.05) is 11.6 Å². The molecular weight excluding hydrogens is 601 g/mol. The molecule has 0 saturated carbocycles. The van der Waals surface area contributed by atoms with Gasteiger partial charge >= 0.3 is 6.18 Å². The molecule has 226 valence electrons. The van der Waals surface area contributed by atoms with Gasteiger partial charge in [0.15, 0.2) is 5.82 Å². The highest BCUT2D eigenvalue weighted by Crippen LogP contribution is 2.41. The lowest BCUT2D eigenvalue weighted by Gasteiger charge is -2.42. The van der Waals surface area contributed by atoms with E-state index in [-0.39, 0.29) is 39.8 Å². The molecule has 0 radical (unpaired) electrons. The van der Waals surface area contributed by atoms with Crippen LogP contribution in [-0.4, -0.2) is 64.8 Å². The van der Waals surface area contributed by atoms with Crippen LogP contribution in [0, 0.1) is 30.9 Å².